The lowest BCUT2D eigenvalue weighted by Crippen LogP contribution is -2.59. The summed E-state index contributed by atoms with van der Waals surface area (Å²) >= 11 is 0. The van der Waals surface area contributed by atoms with Crippen molar-refractivity contribution in [3.63, 3.8) is 0 Å². The third kappa shape index (κ3) is 3.25. The molecule has 2 saturated heterocycles. The minimum atomic E-state index is 0.731. The summed E-state index contributed by atoms with van der Waals surface area (Å²) < 4.78 is 0. The van der Waals surface area contributed by atoms with E-state index in [9.17, 15) is 0 Å². The molecule has 2 fully saturated rings. The SMILES string of the molecule is CCCC(CNCC)N1CC2CCCN2CC1C. The van der Waals surface area contributed by atoms with Crippen molar-refractivity contribution in [2.24, 2.45) is 0 Å². The third-order valence-corrected chi connectivity index (χ3v) is 4.71. The number of rotatable bonds is 6. The van der Waals surface area contributed by atoms with Crippen molar-refractivity contribution in [1.82, 2.24) is 15.1 Å². The molecule has 2 heterocycles. The van der Waals surface area contributed by atoms with E-state index >= 15 is 0 Å². The average molecular weight is 253 g/mol. The minimum absolute atomic E-state index is 0.731. The van der Waals surface area contributed by atoms with Gasteiger partial charge in [-0.2, -0.15) is 0 Å². The highest BCUT2D eigenvalue weighted by atomic mass is 15.3. The molecule has 3 unspecified atom stereocenters. The Labute approximate surface area is 113 Å². The molecule has 2 aliphatic rings. The van der Waals surface area contributed by atoms with E-state index in [1.165, 1.54) is 51.9 Å². The van der Waals surface area contributed by atoms with Crippen LogP contribution in [0.4, 0.5) is 0 Å². The van der Waals surface area contributed by atoms with E-state index in [1.807, 2.05) is 0 Å². The van der Waals surface area contributed by atoms with Crippen molar-refractivity contribution in [2.75, 3.05) is 32.7 Å². The van der Waals surface area contributed by atoms with Crippen LogP contribution in [0, 0.1) is 0 Å². The fraction of sp³-hybridized carbons (Fsp3) is 1.00. The van der Waals surface area contributed by atoms with Gasteiger partial charge in [0.25, 0.3) is 0 Å². The van der Waals surface area contributed by atoms with Gasteiger partial charge in [0.05, 0.1) is 0 Å². The van der Waals surface area contributed by atoms with Gasteiger partial charge < -0.3 is 5.32 Å². The van der Waals surface area contributed by atoms with E-state index in [4.69, 9.17) is 0 Å². The monoisotopic (exact) mass is 253 g/mol. The Kier molecular flexibility index (Phi) is 5.46. The van der Waals surface area contributed by atoms with E-state index in [-0.39, 0.29) is 0 Å². The molecule has 18 heavy (non-hydrogen) atoms. The Bertz CT molecular complexity index is 244. The highest BCUT2D eigenvalue weighted by molar-refractivity contribution is 4.93. The van der Waals surface area contributed by atoms with Gasteiger partial charge in [-0.05, 0) is 39.3 Å². The van der Waals surface area contributed by atoms with E-state index in [0.717, 1.165) is 24.7 Å². The first-order chi connectivity index (χ1) is 8.76. The standard InChI is InChI=1S/C15H31N3/c1-4-7-14(10-16-5-2)18-12-15-8-6-9-17(15)11-13(18)3/h13-16H,4-12H2,1-3H3. The Morgan fingerprint density at radius 3 is 2.83 bits per heavy atom. The number of nitrogens with zero attached hydrogens (tertiary/aromatic N) is 2. The molecule has 2 rings (SSSR count). The molecule has 0 aromatic heterocycles. The molecule has 0 radical (unpaired) electrons. The molecular weight excluding hydrogens is 222 g/mol. The number of hydrogen-bond acceptors (Lipinski definition) is 3. The van der Waals surface area contributed by atoms with Crippen molar-refractivity contribution >= 4 is 0 Å². The lowest BCUT2D eigenvalue weighted by atomic mass is 10.0. The summed E-state index contributed by atoms with van der Waals surface area (Å²) in [4.78, 5) is 5.51. The highest BCUT2D eigenvalue weighted by Gasteiger charge is 2.36. The summed E-state index contributed by atoms with van der Waals surface area (Å²) in [7, 11) is 0. The van der Waals surface area contributed by atoms with Crippen LogP contribution in [0.3, 0.4) is 0 Å². The maximum Gasteiger partial charge on any atom is 0.0224 e. The second-order valence-electron chi connectivity index (χ2n) is 6.09. The van der Waals surface area contributed by atoms with Gasteiger partial charge in [-0.25, -0.2) is 0 Å². The zero-order valence-corrected chi connectivity index (χ0v) is 12.5. The Morgan fingerprint density at radius 2 is 2.11 bits per heavy atom. The third-order valence-electron chi connectivity index (χ3n) is 4.71. The van der Waals surface area contributed by atoms with Gasteiger partial charge in [-0.15, -0.1) is 0 Å². The molecule has 0 amide bonds. The van der Waals surface area contributed by atoms with Gasteiger partial charge in [-0.3, -0.25) is 9.80 Å². The summed E-state index contributed by atoms with van der Waals surface area (Å²) in [5.41, 5.74) is 0. The molecule has 3 nitrogen and oxygen atoms in total. The molecule has 0 saturated carbocycles. The predicted molar refractivity (Wildman–Crippen MR) is 78.0 cm³/mol. The molecule has 3 heteroatoms. The molecule has 0 aromatic rings. The normalized spacial score (nSPS) is 31.5. The summed E-state index contributed by atoms with van der Waals surface area (Å²) in [5.74, 6) is 0. The lowest BCUT2D eigenvalue weighted by molar-refractivity contribution is 0.0251. The minimum Gasteiger partial charge on any atom is -0.315 e. The number of fused-ring (bicyclic) bond motifs is 1. The number of hydrogen-bond donors (Lipinski definition) is 1. The predicted octanol–water partition coefficient (Wildman–Crippen LogP) is 1.93. The van der Waals surface area contributed by atoms with E-state index in [1.54, 1.807) is 0 Å². The van der Waals surface area contributed by atoms with Crippen LogP contribution in [0.1, 0.15) is 46.5 Å². The maximum absolute atomic E-state index is 3.56. The zero-order valence-electron chi connectivity index (χ0n) is 12.5. The molecule has 0 aromatic carbocycles. The highest BCUT2D eigenvalue weighted by Crippen LogP contribution is 2.26. The first-order valence-corrected chi connectivity index (χ1v) is 7.96. The van der Waals surface area contributed by atoms with E-state index in [2.05, 4.69) is 35.9 Å². The van der Waals surface area contributed by atoms with Crippen molar-refractivity contribution in [2.45, 2.75) is 64.6 Å². The summed E-state index contributed by atoms with van der Waals surface area (Å²) in [6.45, 7) is 13.1. The Balaban J connectivity index is 1.94. The molecular formula is C15H31N3. The van der Waals surface area contributed by atoms with Crippen LogP contribution >= 0.6 is 0 Å². The number of likely N-dealkylation sites (N-methyl/N-ethyl adjacent to an activating group) is 1. The molecule has 0 spiro atoms. The number of nitrogens with one attached hydrogen (secondary N) is 1. The van der Waals surface area contributed by atoms with Gasteiger partial charge in [0.15, 0.2) is 0 Å². The zero-order chi connectivity index (χ0) is 13.0. The molecule has 0 aliphatic carbocycles. The maximum atomic E-state index is 3.56. The second kappa shape index (κ2) is 6.88. The first-order valence-electron chi connectivity index (χ1n) is 7.96. The van der Waals surface area contributed by atoms with Gasteiger partial charge >= 0.3 is 0 Å². The van der Waals surface area contributed by atoms with Crippen molar-refractivity contribution in [3.8, 4) is 0 Å². The topological polar surface area (TPSA) is 18.5 Å². The lowest BCUT2D eigenvalue weighted by Gasteiger charge is -2.46. The molecule has 3 atom stereocenters. The molecule has 2 aliphatic heterocycles. The van der Waals surface area contributed by atoms with Crippen molar-refractivity contribution in [3.05, 3.63) is 0 Å². The van der Waals surface area contributed by atoms with Crippen LogP contribution in [0.15, 0.2) is 0 Å². The van der Waals surface area contributed by atoms with Crippen molar-refractivity contribution < 1.29 is 0 Å². The molecule has 0 bridgehead atoms. The average Bonchev–Trinajstić information content (AvgIpc) is 2.80. The summed E-state index contributed by atoms with van der Waals surface area (Å²) in [5, 5.41) is 3.56. The first kappa shape index (κ1) is 14.3. The Hall–Kier alpha value is -0.120. The van der Waals surface area contributed by atoms with Gasteiger partial charge in [0.2, 0.25) is 0 Å². The largest absolute Gasteiger partial charge is 0.315 e. The summed E-state index contributed by atoms with van der Waals surface area (Å²) in [6.07, 6.45) is 5.47. The molecule has 106 valence electrons. The number of piperazine rings is 1. The van der Waals surface area contributed by atoms with Gasteiger partial charge in [0.1, 0.15) is 0 Å². The smallest absolute Gasteiger partial charge is 0.0224 e. The fourth-order valence-corrected chi connectivity index (χ4v) is 3.75. The van der Waals surface area contributed by atoms with Gasteiger partial charge in [0, 0.05) is 37.8 Å². The van der Waals surface area contributed by atoms with Crippen LogP contribution < -0.4 is 5.32 Å². The van der Waals surface area contributed by atoms with Crippen LogP contribution in [0.2, 0.25) is 0 Å². The fourth-order valence-electron chi connectivity index (χ4n) is 3.75. The van der Waals surface area contributed by atoms with Crippen LogP contribution in [0.5, 0.6) is 0 Å². The van der Waals surface area contributed by atoms with Crippen LogP contribution in [-0.4, -0.2) is 60.6 Å². The van der Waals surface area contributed by atoms with E-state index in [0.29, 0.717) is 0 Å². The van der Waals surface area contributed by atoms with E-state index < -0.39 is 0 Å². The summed E-state index contributed by atoms with van der Waals surface area (Å²) in [6, 6.07) is 2.32. The van der Waals surface area contributed by atoms with Crippen LogP contribution in [-0.2, 0) is 0 Å². The van der Waals surface area contributed by atoms with Crippen molar-refractivity contribution in [1.29, 1.82) is 0 Å². The van der Waals surface area contributed by atoms with Crippen LogP contribution in [0.25, 0.3) is 0 Å². The molecule has 1 N–H and O–H groups in total. The van der Waals surface area contributed by atoms with Gasteiger partial charge in [-0.1, -0.05) is 20.3 Å². The second-order valence-corrected chi connectivity index (χ2v) is 6.09. The quantitative estimate of drug-likeness (QED) is 0.780. The Morgan fingerprint density at radius 1 is 1.28 bits per heavy atom.